The molecule has 1 saturated heterocycles. The van der Waals surface area contributed by atoms with E-state index in [0.717, 1.165) is 30.5 Å². The molecule has 0 aliphatic carbocycles. The molecule has 278 valence electrons. The van der Waals surface area contributed by atoms with Gasteiger partial charge in [-0.05, 0) is 73.2 Å². The highest BCUT2D eigenvalue weighted by Gasteiger charge is 2.27. The summed E-state index contributed by atoms with van der Waals surface area (Å²) in [5.74, 6) is -0.933. The lowest BCUT2D eigenvalue weighted by atomic mass is 10.0. The van der Waals surface area contributed by atoms with Crippen molar-refractivity contribution in [2.45, 2.75) is 44.9 Å². The van der Waals surface area contributed by atoms with Crippen LogP contribution in [0.3, 0.4) is 0 Å². The van der Waals surface area contributed by atoms with Crippen molar-refractivity contribution in [1.82, 2.24) is 25.3 Å². The number of aryl methyl sites for hydroxylation is 1. The van der Waals surface area contributed by atoms with Crippen LogP contribution in [0, 0.1) is 5.82 Å². The first-order valence-corrected chi connectivity index (χ1v) is 18.5. The van der Waals surface area contributed by atoms with Gasteiger partial charge >= 0.3 is 0 Å². The SMILES string of the molecule is O=C(COc1ccc2c(c1)CCCN2C(=O)CCl)NCCCCCC(=O)N1CCN(C(=O)c2cc(Cc3n[nH]c(=O)c4ccccc34)ccc2F)CC1. The van der Waals surface area contributed by atoms with E-state index in [2.05, 4.69) is 15.5 Å². The van der Waals surface area contributed by atoms with Crippen molar-refractivity contribution in [3.63, 3.8) is 0 Å². The molecule has 1 aromatic heterocycles. The molecule has 4 amide bonds. The molecule has 2 aliphatic heterocycles. The molecular formula is C39H42ClFN6O6. The number of nitrogens with zero attached hydrogens (tertiary/aromatic N) is 4. The van der Waals surface area contributed by atoms with Gasteiger partial charge in [-0.25, -0.2) is 9.49 Å². The average molecular weight is 745 g/mol. The van der Waals surface area contributed by atoms with Crippen LogP contribution < -0.4 is 20.5 Å². The Morgan fingerprint density at radius 2 is 1.66 bits per heavy atom. The number of rotatable bonds is 13. The van der Waals surface area contributed by atoms with Crippen LogP contribution in [0.15, 0.2) is 65.5 Å². The molecule has 2 aliphatic rings. The number of hydrogen-bond acceptors (Lipinski definition) is 7. The molecule has 0 bridgehead atoms. The van der Waals surface area contributed by atoms with Crippen LogP contribution >= 0.6 is 11.6 Å². The van der Waals surface area contributed by atoms with Gasteiger partial charge in [-0.15, -0.1) is 11.6 Å². The highest BCUT2D eigenvalue weighted by atomic mass is 35.5. The van der Waals surface area contributed by atoms with Crippen LogP contribution in [0.25, 0.3) is 10.8 Å². The molecule has 0 radical (unpaired) electrons. The summed E-state index contributed by atoms with van der Waals surface area (Å²) in [4.78, 5) is 67.8. The Labute approximate surface area is 311 Å². The zero-order valence-electron chi connectivity index (χ0n) is 29.4. The third kappa shape index (κ3) is 9.20. The predicted molar refractivity (Wildman–Crippen MR) is 199 cm³/mol. The average Bonchev–Trinajstić information content (AvgIpc) is 3.19. The van der Waals surface area contributed by atoms with Crippen LogP contribution in [0.5, 0.6) is 5.75 Å². The van der Waals surface area contributed by atoms with Crippen LogP contribution in [-0.2, 0) is 27.2 Å². The number of aromatic nitrogens is 2. The predicted octanol–water partition coefficient (Wildman–Crippen LogP) is 4.21. The Bertz CT molecular complexity index is 2050. The van der Waals surface area contributed by atoms with Gasteiger partial charge in [-0.2, -0.15) is 5.10 Å². The summed E-state index contributed by atoms with van der Waals surface area (Å²) in [5, 5.41) is 10.8. The summed E-state index contributed by atoms with van der Waals surface area (Å²) >= 11 is 5.74. The Kier molecular flexibility index (Phi) is 12.4. The monoisotopic (exact) mass is 744 g/mol. The standard InChI is InChI=1S/C39H42ClFN6O6/c40-24-37(50)47-16-6-7-27-23-28(12-14-34(27)47)53-25-35(48)42-15-5-1-2-10-36(49)45-17-19-46(20-18-45)39(52)31-21-26(11-13-32(31)41)22-33-29-8-3-4-9-30(29)38(51)44-43-33/h3-4,8-9,11-14,21,23H,1-2,5-7,10,15-20,22,24-25H2,(H,42,48)(H,44,51). The number of anilines is 1. The molecule has 0 saturated carbocycles. The minimum absolute atomic E-state index is 0.00327. The van der Waals surface area contributed by atoms with E-state index in [4.69, 9.17) is 16.3 Å². The van der Waals surface area contributed by atoms with Gasteiger partial charge < -0.3 is 24.8 Å². The number of aromatic amines is 1. The second-order valence-corrected chi connectivity index (χ2v) is 13.5. The number of amides is 4. The van der Waals surface area contributed by atoms with Gasteiger partial charge in [-0.3, -0.25) is 24.0 Å². The fraction of sp³-hybridized carbons (Fsp3) is 0.385. The maximum atomic E-state index is 14.9. The van der Waals surface area contributed by atoms with Gasteiger partial charge in [0.1, 0.15) is 17.4 Å². The van der Waals surface area contributed by atoms with E-state index in [0.29, 0.717) is 92.7 Å². The number of ether oxygens (including phenoxy) is 1. The summed E-state index contributed by atoms with van der Waals surface area (Å²) in [6.07, 6.45) is 4.45. The molecule has 0 spiro atoms. The third-order valence-electron chi connectivity index (χ3n) is 9.67. The molecule has 53 heavy (non-hydrogen) atoms. The Morgan fingerprint density at radius 1 is 0.887 bits per heavy atom. The molecule has 1 fully saturated rings. The van der Waals surface area contributed by atoms with Gasteiger partial charge in [0.25, 0.3) is 17.4 Å². The van der Waals surface area contributed by atoms with Crippen molar-refractivity contribution < 1.29 is 28.3 Å². The molecular weight excluding hydrogens is 703 g/mol. The zero-order chi connectivity index (χ0) is 37.3. The first kappa shape index (κ1) is 37.5. The molecule has 12 nitrogen and oxygen atoms in total. The number of unbranched alkanes of at least 4 members (excludes halogenated alkanes) is 2. The highest BCUT2D eigenvalue weighted by Crippen LogP contribution is 2.31. The largest absolute Gasteiger partial charge is 0.484 e. The minimum atomic E-state index is -0.621. The fourth-order valence-corrected chi connectivity index (χ4v) is 6.98. The van der Waals surface area contributed by atoms with E-state index in [1.54, 1.807) is 39.0 Å². The number of halogens is 2. The van der Waals surface area contributed by atoms with Gasteiger partial charge in [0.2, 0.25) is 11.8 Å². The van der Waals surface area contributed by atoms with E-state index in [1.807, 2.05) is 24.3 Å². The van der Waals surface area contributed by atoms with E-state index >= 15 is 0 Å². The number of piperazine rings is 1. The number of hydrogen-bond donors (Lipinski definition) is 2. The van der Waals surface area contributed by atoms with Gasteiger partial charge in [-0.1, -0.05) is 30.7 Å². The van der Waals surface area contributed by atoms with Gasteiger partial charge in [0.15, 0.2) is 6.61 Å². The minimum Gasteiger partial charge on any atom is -0.484 e. The second kappa shape index (κ2) is 17.5. The lowest BCUT2D eigenvalue weighted by Crippen LogP contribution is -2.50. The Hall–Kier alpha value is -5.30. The van der Waals surface area contributed by atoms with Crippen LogP contribution in [0.2, 0.25) is 0 Å². The van der Waals surface area contributed by atoms with Crippen LogP contribution in [0.1, 0.15) is 59.3 Å². The molecule has 3 aromatic carbocycles. The van der Waals surface area contributed by atoms with Crippen LogP contribution in [-0.4, -0.2) is 95.4 Å². The maximum Gasteiger partial charge on any atom is 0.272 e. The number of carbonyl (C=O) groups is 4. The van der Waals surface area contributed by atoms with E-state index in [9.17, 15) is 28.4 Å². The maximum absolute atomic E-state index is 14.9. The van der Waals surface area contributed by atoms with E-state index in [1.165, 1.54) is 12.1 Å². The Morgan fingerprint density at radius 3 is 2.45 bits per heavy atom. The highest BCUT2D eigenvalue weighted by molar-refractivity contribution is 6.29. The third-order valence-corrected chi connectivity index (χ3v) is 9.90. The summed E-state index contributed by atoms with van der Waals surface area (Å²) in [6.45, 7) is 2.30. The molecule has 3 heterocycles. The molecule has 0 unspecified atom stereocenters. The lowest BCUT2D eigenvalue weighted by molar-refractivity contribution is -0.132. The summed E-state index contributed by atoms with van der Waals surface area (Å²) in [5.41, 5.74) is 2.79. The van der Waals surface area contributed by atoms with Crippen molar-refractivity contribution in [2.24, 2.45) is 0 Å². The van der Waals surface area contributed by atoms with Crippen molar-refractivity contribution in [3.05, 3.63) is 99.2 Å². The van der Waals surface area contributed by atoms with Gasteiger partial charge in [0, 0.05) is 63.2 Å². The van der Waals surface area contributed by atoms with Crippen molar-refractivity contribution in [3.8, 4) is 5.75 Å². The second-order valence-electron chi connectivity index (χ2n) is 13.2. The van der Waals surface area contributed by atoms with Gasteiger partial charge in [0.05, 0.1) is 16.6 Å². The number of H-pyrrole nitrogens is 1. The quantitative estimate of drug-likeness (QED) is 0.154. The molecule has 4 aromatic rings. The first-order valence-electron chi connectivity index (χ1n) is 17.9. The first-order chi connectivity index (χ1) is 25.7. The van der Waals surface area contributed by atoms with Crippen molar-refractivity contribution >= 4 is 51.7 Å². The summed E-state index contributed by atoms with van der Waals surface area (Å²) in [6, 6.07) is 17.0. The van der Waals surface area contributed by atoms with Crippen LogP contribution in [0.4, 0.5) is 10.1 Å². The fourth-order valence-electron chi connectivity index (χ4n) is 6.83. The zero-order valence-corrected chi connectivity index (χ0v) is 30.1. The summed E-state index contributed by atoms with van der Waals surface area (Å²) in [7, 11) is 0. The molecule has 14 heteroatoms. The lowest BCUT2D eigenvalue weighted by Gasteiger charge is -2.35. The number of benzene rings is 3. The van der Waals surface area contributed by atoms with E-state index in [-0.39, 0.29) is 41.3 Å². The van der Waals surface area contributed by atoms with Crippen molar-refractivity contribution in [2.75, 3.05) is 56.7 Å². The topological polar surface area (TPSA) is 145 Å². The Balaban J connectivity index is 0.882. The number of fused-ring (bicyclic) bond motifs is 2. The normalized spacial score (nSPS) is 14.2. The smallest absolute Gasteiger partial charge is 0.272 e. The molecule has 2 N–H and O–H groups in total. The summed E-state index contributed by atoms with van der Waals surface area (Å²) < 4.78 is 20.6. The molecule has 0 atom stereocenters. The molecule has 6 rings (SSSR count). The van der Waals surface area contributed by atoms with E-state index < -0.39 is 11.7 Å². The number of carbonyl (C=O) groups excluding carboxylic acids is 4. The van der Waals surface area contributed by atoms with Crippen molar-refractivity contribution in [1.29, 1.82) is 0 Å². The number of alkyl halides is 1. The number of nitrogens with one attached hydrogen (secondary N) is 2.